The Morgan fingerprint density at radius 1 is 1.07 bits per heavy atom. The lowest BCUT2D eigenvalue weighted by Gasteiger charge is -2.14. The highest BCUT2D eigenvalue weighted by atomic mass is 16.2. The summed E-state index contributed by atoms with van der Waals surface area (Å²) >= 11 is 0. The number of rotatable bonds is 4. The molecule has 0 atom stereocenters. The molecule has 0 saturated heterocycles. The van der Waals surface area contributed by atoms with Crippen molar-refractivity contribution in [2.75, 3.05) is 7.05 Å². The number of aryl methyl sites for hydroxylation is 2. The Kier molecular flexibility index (Phi) is 4.24. The minimum Gasteiger partial charge on any atom is -0.336 e. The standard InChI is InChI=1S/C21H21N5O/c1-15-5-4-6-18(9-15)26-13-17(10-22-26)12-24(3)21(27)19-14-25-11-16(2)7-8-20(25)23-19/h4-11,13-14H,12H2,1-3H3. The summed E-state index contributed by atoms with van der Waals surface area (Å²) in [6.07, 6.45) is 7.48. The number of imidazole rings is 1. The molecular weight excluding hydrogens is 338 g/mol. The molecule has 27 heavy (non-hydrogen) atoms. The van der Waals surface area contributed by atoms with E-state index in [1.807, 2.05) is 52.7 Å². The third kappa shape index (κ3) is 3.46. The summed E-state index contributed by atoms with van der Waals surface area (Å²) in [5.74, 6) is -0.111. The number of nitrogens with zero attached hydrogens (tertiary/aromatic N) is 5. The molecule has 0 radical (unpaired) electrons. The monoisotopic (exact) mass is 359 g/mol. The highest BCUT2D eigenvalue weighted by molar-refractivity contribution is 5.92. The summed E-state index contributed by atoms with van der Waals surface area (Å²) in [5.41, 5.74) is 5.48. The zero-order valence-electron chi connectivity index (χ0n) is 15.6. The molecular formula is C21H21N5O. The van der Waals surface area contributed by atoms with Gasteiger partial charge in [-0.1, -0.05) is 18.2 Å². The van der Waals surface area contributed by atoms with Gasteiger partial charge in [-0.15, -0.1) is 0 Å². The number of hydrogen-bond donors (Lipinski definition) is 0. The molecule has 0 aliphatic rings. The van der Waals surface area contributed by atoms with Crippen molar-refractivity contribution >= 4 is 11.6 Å². The van der Waals surface area contributed by atoms with E-state index in [0.29, 0.717) is 12.2 Å². The predicted molar refractivity (Wildman–Crippen MR) is 104 cm³/mol. The number of hydrogen-bond acceptors (Lipinski definition) is 3. The Morgan fingerprint density at radius 3 is 2.74 bits per heavy atom. The van der Waals surface area contributed by atoms with Gasteiger partial charge in [0.1, 0.15) is 11.3 Å². The van der Waals surface area contributed by atoms with Gasteiger partial charge in [0.2, 0.25) is 0 Å². The van der Waals surface area contributed by atoms with Crippen LogP contribution in [0.1, 0.15) is 27.2 Å². The molecule has 0 spiro atoms. The van der Waals surface area contributed by atoms with Gasteiger partial charge in [0.25, 0.3) is 5.91 Å². The number of fused-ring (bicyclic) bond motifs is 1. The van der Waals surface area contributed by atoms with E-state index in [-0.39, 0.29) is 5.91 Å². The van der Waals surface area contributed by atoms with Crippen LogP contribution in [0.5, 0.6) is 0 Å². The van der Waals surface area contributed by atoms with E-state index < -0.39 is 0 Å². The Bertz CT molecular complexity index is 1120. The third-order valence-corrected chi connectivity index (χ3v) is 4.49. The van der Waals surface area contributed by atoms with Gasteiger partial charge in [-0.2, -0.15) is 5.10 Å². The molecule has 0 N–H and O–H groups in total. The molecule has 3 aromatic heterocycles. The van der Waals surface area contributed by atoms with Gasteiger partial charge in [-0.3, -0.25) is 4.79 Å². The summed E-state index contributed by atoms with van der Waals surface area (Å²) in [6, 6.07) is 12.0. The first-order chi connectivity index (χ1) is 13.0. The first-order valence-corrected chi connectivity index (χ1v) is 8.81. The molecule has 0 bridgehead atoms. The summed E-state index contributed by atoms with van der Waals surface area (Å²) in [6.45, 7) is 4.53. The minimum atomic E-state index is -0.111. The van der Waals surface area contributed by atoms with Crippen LogP contribution in [-0.4, -0.2) is 37.0 Å². The van der Waals surface area contributed by atoms with Crippen molar-refractivity contribution in [3.63, 3.8) is 0 Å². The van der Waals surface area contributed by atoms with Crippen LogP contribution in [0.25, 0.3) is 11.3 Å². The number of benzene rings is 1. The molecule has 136 valence electrons. The van der Waals surface area contributed by atoms with Crippen molar-refractivity contribution in [1.82, 2.24) is 24.1 Å². The van der Waals surface area contributed by atoms with Gasteiger partial charge in [0.05, 0.1) is 11.9 Å². The normalized spacial score (nSPS) is 11.1. The lowest BCUT2D eigenvalue weighted by Crippen LogP contribution is -2.26. The molecule has 6 nitrogen and oxygen atoms in total. The van der Waals surface area contributed by atoms with Gasteiger partial charge in [-0.05, 0) is 43.2 Å². The second-order valence-electron chi connectivity index (χ2n) is 6.89. The van der Waals surface area contributed by atoms with Crippen molar-refractivity contribution in [2.45, 2.75) is 20.4 Å². The van der Waals surface area contributed by atoms with Crippen LogP contribution in [0.15, 0.2) is 61.2 Å². The molecule has 0 saturated carbocycles. The summed E-state index contributed by atoms with van der Waals surface area (Å²) in [4.78, 5) is 18.8. The van der Waals surface area contributed by atoms with Crippen molar-refractivity contribution in [2.24, 2.45) is 0 Å². The average Bonchev–Trinajstić information content (AvgIpc) is 3.27. The van der Waals surface area contributed by atoms with Crippen LogP contribution in [0.4, 0.5) is 0 Å². The molecule has 3 heterocycles. The highest BCUT2D eigenvalue weighted by Crippen LogP contribution is 2.13. The molecule has 1 aromatic carbocycles. The molecule has 4 aromatic rings. The van der Waals surface area contributed by atoms with E-state index in [1.54, 1.807) is 24.3 Å². The molecule has 0 aliphatic carbocycles. The molecule has 0 aliphatic heterocycles. The van der Waals surface area contributed by atoms with Crippen LogP contribution in [0.3, 0.4) is 0 Å². The largest absolute Gasteiger partial charge is 0.336 e. The topological polar surface area (TPSA) is 55.4 Å². The van der Waals surface area contributed by atoms with Crippen molar-refractivity contribution in [1.29, 1.82) is 0 Å². The van der Waals surface area contributed by atoms with E-state index in [4.69, 9.17) is 0 Å². The SMILES string of the molecule is Cc1cccc(-n2cc(CN(C)C(=O)c3cn4cc(C)ccc4n3)cn2)c1. The number of carbonyl (C=O) groups is 1. The van der Waals surface area contributed by atoms with Gasteiger partial charge in [0, 0.05) is 37.7 Å². The number of carbonyl (C=O) groups excluding carboxylic acids is 1. The van der Waals surface area contributed by atoms with E-state index in [0.717, 1.165) is 22.5 Å². The van der Waals surface area contributed by atoms with Crippen molar-refractivity contribution < 1.29 is 4.79 Å². The first-order valence-electron chi connectivity index (χ1n) is 8.81. The van der Waals surface area contributed by atoms with Crippen LogP contribution in [0, 0.1) is 13.8 Å². The lowest BCUT2D eigenvalue weighted by molar-refractivity contribution is 0.0780. The summed E-state index contributed by atoms with van der Waals surface area (Å²) < 4.78 is 3.71. The smallest absolute Gasteiger partial charge is 0.274 e. The second-order valence-corrected chi connectivity index (χ2v) is 6.89. The fraction of sp³-hybridized carbons (Fsp3) is 0.190. The molecule has 6 heteroatoms. The Balaban J connectivity index is 1.51. The molecule has 4 rings (SSSR count). The van der Waals surface area contributed by atoms with Gasteiger partial charge < -0.3 is 9.30 Å². The van der Waals surface area contributed by atoms with Gasteiger partial charge in [0.15, 0.2) is 0 Å². The van der Waals surface area contributed by atoms with E-state index >= 15 is 0 Å². The highest BCUT2D eigenvalue weighted by Gasteiger charge is 2.16. The molecule has 0 fully saturated rings. The Hall–Kier alpha value is -3.41. The Morgan fingerprint density at radius 2 is 1.93 bits per heavy atom. The van der Waals surface area contributed by atoms with Crippen LogP contribution < -0.4 is 0 Å². The predicted octanol–water partition coefficient (Wildman–Crippen LogP) is 3.41. The number of amides is 1. The van der Waals surface area contributed by atoms with Crippen LogP contribution in [0.2, 0.25) is 0 Å². The average molecular weight is 359 g/mol. The quantitative estimate of drug-likeness (QED) is 0.561. The maximum absolute atomic E-state index is 12.7. The molecule has 1 amide bonds. The second kappa shape index (κ2) is 6.72. The molecule has 0 unspecified atom stereocenters. The van der Waals surface area contributed by atoms with E-state index in [1.165, 1.54) is 5.56 Å². The van der Waals surface area contributed by atoms with Gasteiger partial charge in [-0.25, -0.2) is 9.67 Å². The van der Waals surface area contributed by atoms with Crippen LogP contribution in [-0.2, 0) is 6.54 Å². The first kappa shape index (κ1) is 17.0. The Labute approximate surface area is 157 Å². The zero-order chi connectivity index (χ0) is 19.0. The third-order valence-electron chi connectivity index (χ3n) is 4.49. The maximum Gasteiger partial charge on any atom is 0.274 e. The maximum atomic E-state index is 12.7. The number of aromatic nitrogens is 4. The van der Waals surface area contributed by atoms with Crippen molar-refractivity contribution in [3.05, 3.63) is 83.6 Å². The van der Waals surface area contributed by atoms with Crippen LogP contribution >= 0.6 is 0 Å². The van der Waals surface area contributed by atoms with E-state index in [2.05, 4.69) is 29.1 Å². The summed E-state index contributed by atoms with van der Waals surface area (Å²) in [7, 11) is 1.78. The van der Waals surface area contributed by atoms with Crippen molar-refractivity contribution in [3.8, 4) is 5.69 Å². The fourth-order valence-corrected chi connectivity index (χ4v) is 3.10. The van der Waals surface area contributed by atoms with E-state index in [9.17, 15) is 4.79 Å². The zero-order valence-corrected chi connectivity index (χ0v) is 15.6. The minimum absolute atomic E-state index is 0.111. The number of pyridine rings is 1. The fourth-order valence-electron chi connectivity index (χ4n) is 3.10. The summed E-state index contributed by atoms with van der Waals surface area (Å²) in [5, 5.41) is 4.42. The van der Waals surface area contributed by atoms with Gasteiger partial charge >= 0.3 is 0 Å². The lowest BCUT2D eigenvalue weighted by atomic mass is 10.2.